The Bertz CT molecular complexity index is 793. The number of hydrogen-bond donors (Lipinski definition) is 2. The molecule has 1 aromatic carbocycles. The van der Waals surface area contributed by atoms with Gasteiger partial charge in [-0.2, -0.15) is 0 Å². The molecule has 2 heterocycles. The number of amides is 4. The Morgan fingerprint density at radius 3 is 2.60 bits per heavy atom. The minimum atomic E-state index is -3.09. The normalized spacial score (nSPS) is 25.0. The van der Waals surface area contributed by atoms with Crippen molar-refractivity contribution in [3.8, 4) is 0 Å². The van der Waals surface area contributed by atoms with E-state index in [4.69, 9.17) is 0 Å². The molecule has 0 spiro atoms. The molecule has 2 atom stereocenters. The van der Waals surface area contributed by atoms with Crippen molar-refractivity contribution >= 4 is 27.7 Å². The van der Waals surface area contributed by atoms with Crippen molar-refractivity contribution < 1.29 is 22.8 Å². The number of rotatable bonds is 5. The van der Waals surface area contributed by atoms with Crippen molar-refractivity contribution in [2.45, 2.75) is 31.5 Å². The number of imide groups is 1. The van der Waals surface area contributed by atoms with E-state index in [-0.39, 0.29) is 24.5 Å². The van der Waals surface area contributed by atoms with Gasteiger partial charge in [0.2, 0.25) is 5.91 Å². The van der Waals surface area contributed by atoms with Crippen LogP contribution in [0.1, 0.15) is 18.4 Å². The van der Waals surface area contributed by atoms with Gasteiger partial charge in [0, 0.05) is 6.04 Å². The van der Waals surface area contributed by atoms with E-state index < -0.39 is 39.8 Å². The quantitative estimate of drug-likeness (QED) is 0.702. The van der Waals surface area contributed by atoms with Crippen LogP contribution in [0.4, 0.5) is 4.79 Å². The van der Waals surface area contributed by atoms with Crippen LogP contribution in [-0.2, 0) is 26.0 Å². The Kier molecular flexibility index (Phi) is 4.76. The molecule has 0 aromatic heterocycles. The Balaban J connectivity index is 1.56. The predicted octanol–water partition coefficient (Wildman–Crippen LogP) is -0.200. The molecule has 0 unspecified atom stereocenters. The lowest BCUT2D eigenvalue weighted by molar-refractivity contribution is -0.131. The van der Waals surface area contributed by atoms with Crippen molar-refractivity contribution in [2.24, 2.45) is 0 Å². The number of carbonyl (C=O) groups is 3. The summed E-state index contributed by atoms with van der Waals surface area (Å²) < 4.78 is 22.8. The van der Waals surface area contributed by atoms with Crippen LogP contribution in [0.5, 0.6) is 0 Å². The summed E-state index contributed by atoms with van der Waals surface area (Å²) in [5, 5.41) is 5.13. The number of urea groups is 1. The number of benzene rings is 1. The molecular formula is C16H19N3O5S. The van der Waals surface area contributed by atoms with Crippen LogP contribution in [0.3, 0.4) is 0 Å². The molecule has 2 fully saturated rings. The van der Waals surface area contributed by atoms with Gasteiger partial charge in [-0.3, -0.25) is 14.5 Å². The first-order valence-electron chi connectivity index (χ1n) is 8.00. The number of nitrogens with zero attached hydrogens (tertiary/aromatic N) is 1. The molecule has 8 nitrogen and oxygen atoms in total. The van der Waals surface area contributed by atoms with Gasteiger partial charge in [0.05, 0.1) is 24.5 Å². The highest BCUT2D eigenvalue weighted by atomic mass is 32.2. The maximum atomic E-state index is 12.4. The Morgan fingerprint density at radius 1 is 1.24 bits per heavy atom. The van der Waals surface area contributed by atoms with Crippen molar-refractivity contribution in [1.29, 1.82) is 0 Å². The van der Waals surface area contributed by atoms with Gasteiger partial charge in [0.1, 0.15) is 6.04 Å². The summed E-state index contributed by atoms with van der Waals surface area (Å²) >= 11 is 0. The van der Waals surface area contributed by atoms with E-state index in [1.165, 1.54) is 0 Å². The summed E-state index contributed by atoms with van der Waals surface area (Å²) in [6, 6.07) is 7.20. The summed E-state index contributed by atoms with van der Waals surface area (Å²) in [5.41, 5.74) is 0.812. The van der Waals surface area contributed by atoms with Crippen molar-refractivity contribution in [3.63, 3.8) is 0 Å². The third kappa shape index (κ3) is 4.16. The molecule has 1 aromatic rings. The van der Waals surface area contributed by atoms with E-state index in [2.05, 4.69) is 10.6 Å². The number of carbonyl (C=O) groups excluding carboxylic acids is 3. The third-order valence-electron chi connectivity index (χ3n) is 4.28. The number of hydrogen-bond acceptors (Lipinski definition) is 5. The fraction of sp³-hybridized carbons (Fsp3) is 0.438. The average molecular weight is 365 g/mol. The van der Waals surface area contributed by atoms with E-state index in [1.54, 1.807) is 12.1 Å². The fourth-order valence-corrected chi connectivity index (χ4v) is 4.69. The maximum absolute atomic E-state index is 12.4. The Morgan fingerprint density at radius 2 is 1.96 bits per heavy atom. The lowest BCUT2D eigenvalue weighted by Gasteiger charge is -2.14. The number of nitrogens with one attached hydrogen (secondary N) is 2. The monoisotopic (exact) mass is 365 g/mol. The van der Waals surface area contributed by atoms with Crippen LogP contribution >= 0.6 is 0 Å². The van der Waals surface area contributed by atoms with E-state index in [9.17, 15) is 22.8 Å². The molecule has 0 aliphatic carbocycles. The molecule has 2 N–H and O–H groups in total. The standard InChI is InChI=1S/C16H19N3O5S/c20-14(17-12-6-7-25(23,24)10-12)8-13-15(21)19(16(22)18-13)9-11-4-2-1-3-5-11/h1-5,12-13H,6-10H2,(H,17,20)(H,18,22)/t12-,13+/m1/s1. The summed E-state index contributed by atoms with van der Waals surface area (Å²) in [5.74, 6) is -0.920. The third-order valence-corrected chi connectivity index (χ3v) is 6.05. The first-order valence-corrected chi connectivity index (χ1v) is 9.82. The SMILES string of the molecule is O=C(C[C@@H]1NC(=O)N(Cc2ccccc2)C1=O)N[C@@H]1CCS(=O)(=O)C1. The van der Waals surface area contributed by atoms with Gasteiger partial charge >= 0.3 is 6.03 Å². The predicted molar refractivity (Wildman–Crippen MR) is 89.1 cm³/mol. The first kappa shape index (κ1) is 17.4. The Hall–Kier alpha value is -2.42. The highest BCUT2D eigenvalue weighted by molar-refractivity contribution is 7.91. The van der Waals surface area contributed by atoms with Gasteiger partial charge in [-0.1, -0.05) is 30.3 Å². The van der Waals surface area contributed by atoms with Crippen molar-refractivity contribution in [3.05, 3.63) is 35.9 Å². The highest BCUT2D eigenvalue weighted by Crippen LogP contribution is 2.15. The van der Waals surface area contributed by atoms with E-state index in [0.717, 1.165) is 10.5 Å². The molecule has 0 radical (unpaired) electrons. The summed E-state index contributed by atoms with van der Waals surface area (Å²) in [4.78, 5) is 37.5. The summed E-state index contributed by atoms with van der Waals surface area (Å²) in [6.45, 7) is 0.143. The van der Waals surface area contributed by atoms with Gasteiger partial charge in [0.15, 0.2) is 9.84 Å². The molecule has 0 bridgehead atoms. The molecule has 0 saturated carbocycles. The zero-order valence-electron chi connectivity index (χ0n) is 13.5. The second-order valence-electron chi connectivity index (χ2n) is 6.28. The molecular weight excluding hydrogens is 346 g/mol. The van der Waals surface area contributed by atoms with Crippen LogP contribution < -0.4 is 10.6 Å². The van der Waals surface area contributed by atoms with Crippen LogP contribution in [0.25, 0.3) is 0 Å². The molecule has 9 heteroatoms. The lowest BCUT2D eigenvalue weighted by atomic mass is 10.1. The van der Waals surface area contributed by atoms with Gasteiger partial charge in [0.25, 0.3) is 5.91 Å². The second-order valence-corrected chi connectivity index (χ2v) is 8.51. The van der Waals surface area contributed by atoms with E-state index in [0.29, 0.717) is 6.42 Å². The first-order chi connectivity index (χ1) is 11.8. The molecule has 2 saturated heterocycles. The van der Waals surface area contributed by atoms with Crippen molar-refractivity contribution in [1.82, 2.24) is 15.5 Å². The van der Waals surface area contributed by atoms with Gasteiger partial charge in [-0.25, -0.2) is 13.2 Å². The van der Waals surface area contributed by atoms with Gasteiger partial charge in [-0.05, 0) is 12.0 Å². The Labute approximate surface area is 145 Å². The van der Waals surface area contributed by atoms with Gasteiger partial charge < -0.3 is 10.6 Å². The van der Waals surface area contributed by atoms with Crippen molar-refractivity contribution in [2.75, 3.05) is 11.5 Å². The van der Waals surface area contributed by atoms with Gasteiger partial charge in [-0.15, -0.1) is 0 Å². The molecule has 2 aliphatic rings. The topological polar surface area (TPSA) is 113 Å². The minimum Gasteiger partial charge on any atom is -0.352 e. The largest absolute Gasteiger partial charge is 0.352 e. The smallest absolute Gasteiger partial charge is 0.325 e. The summed E-state index contributed by atoms with van der Waals surface area (Å²) in [6.07, 6.45) is 0.172. The maximum Gasteiger partial charge on any atom is 0.325 e. The average Bonchev–Trinajstić information content (AvgIpc) is 3.02. The zero-order chi connectivity index (χ0) is 18.0. The highest BCUT2D eigenvalue weighted by Gasteiger charge is 2.39. The van der Waals surface area contributed by atoms with Crippen LogP contribution in [0, 0.1) is 0 Å². The van der Waals surface area contributed by atoms with Crippen LogP contribution in [-0.4, -0.2) is 54.8 Å². The van der Waals surface area contributed by atoms with E-state index in [1.807, 2.05) is 18.2 Å². The summed E-state index contributed by atoms with van der Waals surface area (Å²) in [7, 11) is -3.09. The van der Waals surface area contributed by atoms with Crippen LogP contribution in [0.15, 0.2) is 30.3 Å². The minimum absolute atomic E-state index is 0.0574. The fourth-order valence-electron chi connectivity index (χ4n) is 3.01. The molecule has 2 aliphatic heterocycles. The molecule has 3 rings (SSSR count). The number of sulfone groups is 1. The van der Waals surface area contributed by atoms with Crippen LogP contribution in [0.2, 0.25) is 0 Å². The second kappa shape index (κ2) is 6.83. The molecule has 134 valence electrons. The lowest BCUT2D eigenvalue weighted by Crippen LogP contribution is -2.41. The molecule has 4 amide bonds. The zero-order valence-corrected chi connectivity index (χ0v) is 14.3. The molecule has 25 heavy (non-hydrogen) atoms. The van der Waals surface area contributed by atoms with E-state index >= 15 is 0 Å².